The number of rotatable bonds is 8. The average Bonchev–Trinajstić information content (AvgIpc) is 3.06. The molecule has 6 heteroatoms. The zero-order chi connectivity index (χ0) is 18.2. The Bertz CT molecular complexity index is 849. The Hall–Kier alpha value is -2.73. The number of amides is 1. The number of carbonyl (C=O) groups excluding carboxylic acids is 1. The quantitative estimate of drug-likeness (QED) is 0.605. The standard InChI is InChI=1S/C20H21N3O2S/c1-15-7-5-10-17(13-15)25-12-6-11-18(24)21-20-23-22-19(26-20)14-16-8-3-2-4-9-16/h2-5,7-10,13H,6,11-12,14H2,1H3,(H,21,23,24). The summed E-state index contributed by atoms with van der Waals surface area (Å²) in [4.78, 5) is 12.0. The van der Waals surface area contributed by atoms with Crippen molar-refractivity contribution >= 4 is 22.4 Å². The van der Waals surface area contributed by atoms with E-state index in [0.29, 0.717) is 24.6 Å². The monoisotopic (exact) mass is 367 g/mol. The summed E-state index contributed by atoms with van der Waals surface area (Å²) in [6.07, 6.45) is 1.76. The molecule has 1 aromatic heterocycles. The highest BCUT2D eigenvalue weighted by Gasteiger charge is 2.09. The van der Waals surface area contributed by atoms with Gasteiger partial charge < -0.3 is 10.1 Å². The zero-order valence-corrected chi connectivity index (χ0v) is 15.5. The summed E-state index contributed by atoms with van der Waals surface area (Å²) in [6.45, 7) is 2.53. The molecule has 134 valence electrons. The second kappa shape index (κ2) is 9.10. The SMILES string of the molecule is Cc1cccc(OCCCC(=O)Nc2nnc(Cc3ccccc3)s2)c1. The van der Waals surface area contributed by atoms with Crippen LogP contribution in [-0.4, -0.2) is 22.7 Å². The van der Waals surface area contributed by atoms with Crippen LogP contribution in [0.15, 0.2) is 54.6 Å². The van der Waals surface area contributed by atoms with Crippen molar-refractivity contribution in [2.75, 3.05) is 11.9 Å². The lowest BCUT2D eigenvalue weighted by Gasteiger charge is -2.06. The third kappa shape index (κ3) is 5.67. The molecule has 2 aromatic carbocycles. The maximum Gasteiger partial charge on any atom is 0.226 e. The number of hydrogen-bond donors (Lipinski definition) is 1. The predicted molar refractivity (Wildman–Crippen MR) is 104 cm³/mol. The van der Waals surface area contributed by atoms with Crippen LogP contribution in [0.5, 0.6) is 5.75 Å². The summed E-state index contributed by atoms with van der Waals surface area (Å²) in [7, 11) is 0. The number of hydrogen-bond acceptors (Lipinski definition) is 5. The number of aromatic nitrogens is 2. The number of benzene rings is 2. The van der Waals surface area contributed by atoms with Gasteiger partial charge in [0.2, 0.25) is 11.0 Å². The Morgan fingerprint density at radius 3 is 2.77 bits per heavy atom. The molecule has 0 aliphatic heterocycles. The fourth-order valence-electron chi connectivity index (χ4n) is 2.46. The molecule has 0 atom stereocenters. The fraction of sp³-hybridized carbons (Fsp3) is 0.250. The molecule has 0 radical (unpaired) electrons. The van der Waals surface area contributed by atoms with Crippen molar-refractivity contribution < 1.29 is 9.53 Å². The lowest BCUT2D eigenvalue weighted by atomic mass is 10.2. The summed E-state index contributed by atoms with van der Waals surface area (Å²) >= 11 is 1.41. The third-order valence-electron chi connectivity index (χ3n) is 3.72. The van der Waals surface area contributed by atoms with Crippen LogP contribution in [0.3, 0.4) is 0 Å². The van der Waals surface area contributed by atoms with Gasteiger partial charge in [0.25, 0.3) is 0 Å². The molecular weight excluding hydrogens is 346 g/mol. The molecule has 0 saturated heterocycles. The first-order valence-electron chi connectivity index (χ1n) is 8.55. The van der Waals surface area contributed by atoms with Gasteiger partial charge >= 0.3 is 0 Å². The van der Waals surface area contributed by atoms with Crippen LogP contribution in [0.4, 0.5) is 5.13 Å². The fourth-order valence-corrected chi connectivity index (χ4v) is 3.25. The Balaban J connectivity index is 1.39. The molecule has 0 fully saturated rings. The first-order chi connectivity index (χ1) is 12.7. The summed E-state index contributed by atoms with van der Waals surface area (Å²) < 4.78 is 5.65. The molecule has 5 nitrogen and oxygen atoms in total. The van der Waals surface area contributed by atoms with Crippen LogP contribution >= 0.6 is 11.3 Å². The Morgan fingerprint density at radius 1 is 1.12 bits per heavy atom. The number of ether oxygens (including phenoxy) is 1. The van der Waals surface area contributed by atoms with Crippen LogP contribution in [0.25, 0.3) is 0 Å². The maximum absolute atomic E-state index is 12.0. The van der Waals surface area contributed by atoms with Crippen molar-refractivity contribution in [2.45, 2.75) is 26.2 Å². The highest BCUT2D eigenvalue weighted by Crippen LogP contribution is 2.19. The third-order valence-corrected chi connectivity index (χ3v) is 4.56. The molecule has 0 spiro atoms. The average molecular weight is 367 g/mol. The van der Waals surface area contributed by atoms with Crippen LogP contribution in [-0.2, 0) is 11.2 Å². The molecule has 0 saturated carbocycles. The number of carbonyl (C=O) groups is 1. The van der Waals surface area contributed by atoms with E-state index in [1.54, 1.807) is 0 Å². The van der Waals surface area contributed by atoms with Crippen LogP contribution in [0, 0.1) is 6.92 Å². The van der Waals surface area contributed by atoms with Gasteiger partial charge in [-0.3, -0.25) is 4.79 Å². The first kappa shape index (κ1) is 18.1. The van der Waals surface area contributed by atoms with Gasteiger partial charge in [-0.1, -0.05) is 53.8 Å². The van der Waals surface area contributed by atoms with Crippen molar-refractivity contribution in [1.82, 2.24) is 10.2 Å². The van der Waals surface area contributed by atoms with Crippen molar-refractivity contribution in [3.05, 3.63) is 70.7 Å². The van der Waals surface area contributed by atoms with E-state index in [1.807, 2.05) is 61.5 Å². The van der Waals surface area contributed by atoms with Crippen molar-refractivity contribution in [3.63, 3.8) is 0 Å². The van der Waals surface area contributed by atoms with Crippen LogP contribution < -0.4 is 10.1 Å². The summed E-state index contributed by atoms with van der Waals surface area (Å²) in [5, 5.41) is 12.4. The number of nitrogens with zero attached hydrogens (tertiary/aromatic N) is 2. The molecule has 0 unspecified atom stereocenters. The van der Waals surface area contributed by atoms with Gasteiger partial charge in [-0.15, -0.1) is 10.2 Å². The van der Waals surface area contributed by atoms with Crippen molar-refractivity contribution in [2.24, 2.45) is 0 Å². The first-order valence-corrected chi connectivity index (χ1v) is 9.36. The van der Waals surface area contributed by atoms with E-state index < -0.39 is 0 Å². The van der Waals surface area contributed by atoms with E-state index in [4.69, 9.17) is 4.74 Å². The van der Waals surface area contributed by atoms with Gasteiger partial charge in [0.05, 0.1) is 6.61 Å². The lowest BCUT2D eigenvalue weighted by molar-refractivity contribution is -0.116. The molecule has 0 aliphatic rings. The minimum absolute atomic E-state index is 0.0692. The molecule has 0 aliphatic carbocycles. The van der Waals surface area contributed by atoms with Gasteiger partial charge in [0.15, 0.2) is 0 Å². The second-order valence-electron chi connectivity index (χ2n) is 5.98. The van der Waals surface area contributed by atoms with E-state index in [9.17, 15) is 4.79 Å². The molecular formula is C20H21N3O2S. The van der Waals surface area contributed by atoms with E-state index in [1.165, 1.54) is 16.9 Å². The van der Waals surface area contributed by atoms with Crippen LogP contribution in [0.1, 0.15) is 29.0 Å². The minimum atomic E-state index is -0.0692. The van der Waals surface area contributed by atoms with Gasteiger partial charge in [-0.05, 0) is 36.6 Å². The molecule has 0 bridgehead atoms. The highest BCUT2D eigenvalue weighted by molar-refractivity contribution is 7.15. The van der Waals surface area contributed by atoms with Gasteiger partial charge in [-0.25, -0.2) is 0 Å². The van der Waals surface area contributed by atoms with Crippen LogP contribution in [0.2, 0.25) is 0 Å². The predicted octanol–water partition coefficient (Wildman–Crippen LogP) is 4.24. The zero-order valence-electron chi connectivity index (χ0n) is 14.6. The molecule has 26 heavy (non-hydrogen) atoms. The molecule has 1 amide bonds. The number of anilines is 1. The molecule has 3 rings (SSSR count). The van der Waals surface area contributed by atoms with E-state index in [2.05, 4.69) is 15.5 Å². The maximum atomic E-state index is 12.0. The summed E-state index contributed by atoms with van der Waals surface area (Å²) in [6, 6.07) is 18.0. The Labute approximate surface area is 157 Å². The Morgan fingerprint density at radius 2 is 1.96 bits per heavy atom. The Kier molecular flexibility index (Phi) is 6.33. The molecule has 1 heterocycles. The lowest BCUT2D eigenvalue weighted by Crippen LogP contribution is -2.12. The minimum Gasteiger partial charge on any atom is -0.494 e. The van der Waals surface area contributed by atoms with E-state index in [-0.39, 0.29) is 5.91 Å². The topological polar surface area (TPSA) is 64.1 Å². The summed E-state index contributed by atoms with van der Waals surface area (Å²) in [5.41, 5.74) is 2.33. The normalized spacial score (nSPS) is 10.5. The second-order valence-corrected chi connectivity index (χ2v) is 7.04. The van der Waals surface area contributed by atoms with Gasteiger partial charge in [-0.2, -0.15) is 0 Å². The number of nitrogens with one attached hydrogen (secondary N) is 1. The van der Waals surface area contributed by atoms with Gasteiger partial charge in [0, 0.05) is 12.8 Å². The smallest absolute Gasteiger partial charge is 0.226 e. The van der Waals surface area contributed by atoms with E-state index >= 15 is 0 Å². The molecule has 3 aromatic rings. The van der Waals surface area contributed by atoms with Crippen molar-refractivity contribution in [1.29, 1.82) is 0 Å². The largest absolute Gasteiger partial charge is 0.494 e. The summed E-state index contributed by atoms with van der Waals surface area (Å²) in [5.74, 6) is 0.764. The number of aryl methyl sites for hydroxylation is 1. The molecule has 1 N–H and O–H groups in total. The highest BCUT2D eigenvalue weighted by atomic mass is 32.1. The van der Waals surface area contributed by atoms with E-state index in [0.717, 1.165) is 22.7 Å². The van der Waals surface area contributed by atoms with Gasteiger partial charge in [0.1, 0.15) is 10.8 Å². The van der Waals surface area contributed by atoms with Crippen molar-refractivity contribution in [3.8, 4) is 5.75 Å².